The van der Waals surface area contributed by atoms with Gasteiger partial charge in [-0.15, -0.1) is 17.8 Å². The van der Waals surface area contributed by atoms with E-state index < -0.39 is 0 Å². The highest BCUT2D eigenvalue weighted by Crippen LogP contribution is 2.19. The molecule has 0 amide bonds. The summed E-state index contributed by atoms with van der Waals surface area (Å²) in [6, 6.07) is 11.7. The molecule has 0 aliphatic rings. The van der Waals surface area contributed by atoms with Gasteiger partial charge in [0.05, 0.1) is 13.5 Å². The van der Waals surface area contributed by atoms with Crippen LogP contribution < -0.4 is 5.32 Å². The summed E-state index contributed by atoms with van der Waals surface area (Å²) in [6.45, 7) is 0.708. The molecular weight excluding hydrogens is 270 g/mol. The Morgan fingerprint density at radius 2 is 2.15 bits per heavy atom. The smallest absolute Gasteiger partial charge is 0.310 e. The number of rotatable bonds is 5. The third-order valence-corrected chi connectivity index (χ3v) is 3.84. The Kier molecular flexibility index (Phi) is 4.80. The zero-order chi connectivity index (χ0) is 14.4. The van der Waals surface area contributed by atoms with E-state index in [1.165, 1.54) is 7.11 Å². The fraction of sp³-hybridized carbons (Fsp3) is 0.188. The second-order valence-corrected chi connectivity index (χ2v) is 5.45. The number of hydrogen-bond acceptors (Lipinski definition) is 4. The van der Waals surface area contributed by atoms with Crippen molar-refractivity contribution in [3.63, 3.8) is 0 Å². The number of esters is 1. The number of terminal acetylenes is 1. The lowest BCUT2D eigenvalue weighted by molar-refractivity contribution is -0.139. The highest BCUT2D eigenvalue weighted by molar-refractivity contribution is 7.12. The molecule has 3 nitrogen and oxygen atoms in total. The van der Waals surface area contributed by atoms with Crippen molar-refractivity contribution in [3.8, 4) is 12.3 Å². The summed E-state index contributed by atoms with van der Waals surface area (Å²) in [4.78, 5) is 13.4. The lowest BCUT2D eigenvalue weighted by Crippen LogP contribution is -2.02. The molecule has 2 aromatic rings. The van der Waals surface area contributed by atoms with E-state index in [2.05, 4.69) is 16.0 Å². The van der Waals surface area contributed by atoms with Crippen molar-refractivity contribution in [2.24, 2.45) is 0 Å². The first kappa shape index (κ1) is 14.2. The van der Waals surface area contributed by atoms with E-state index in [0.717, 1.165) is 21.0 Å². The van der Waals surface area contributed by atoms with Crippen LogP contribution in [0.5, 0.6) is 0 Å². The third kappa shape index (κ3) is 3.87. The molecule has 0 spiro atoms. The van der Waals surface area contributed by atoms with E-state index in [9.17, 15) is 4.79 Å². The normalized spacial score (nSPS) is 9.80. The first-order chi connectivity index (χ1) is 9.71. The minimum atomic E-state index is -0.215. The first-order valence-electron chi connectivity index (χ1n) is 6.16. The zero-order valence-corrected chi connectivity index (χ0v) is 12.0. The van der Waals surface area contributed by atoms with Gasteiger partial charge in [0.15, 0.2) is 0 Å². The fourth-order valence-electron chi connectivity index (χ4n) is 1.73. The number of thiophene rings is 1. The van der Waals surface area contributed by atoms with Crippen molar-refractivity contribution < 1.29 is 9.53 Å². The van der Waals surface area contributed by atoms with E-state index in [0.29, 0.717) is 13.0 Å². The van der Waals surface area contributed by atoms with Gasteiger partial charge in [-0.3, -0.25) is 4.79 Å². The molecule has 102 valence electrons. The molecule has 0 aliphatic carbocycles. The number of carbonyl (C=O) groups excluding carboxylic acids is 1. The molecule has 0 unspecified atom stereocenters. The number of benzene rings is 1. The van der Waals surface area contributed by atoms with Gasteiger partial charge in [0.2, 0.25) is 0 Å². The summed E-state index contributed by atoms with van der Waals surface area (Å²) in [5.74, 6) is 2.39. The summed E-state index contributed by atoms with van der Waals surface area (Å²) < 4.78 is 4.65. The quantitative estimate of drug-likeness (QED) is 0.678. The maximum atomic E-state index is 11.2. The molecule has 0 radical (unpaired) electrons. The number of carbonyl (C=O) groups is 1. The van der Waals surface area contributed by atoms with Gasteiger partial charge in [-0.05, 0) is 30.3 Å². The molecule has 1 N–H and O–H groups in total. The average Bonchev–Trinajstić information content (AvgIpc) is 2.92. The van der Waals surface area contributed by atoms with Crippen LogP contribution in [0.4, 0.5) is 5.69 Å². The largest absolute Gasteiger partial charge is 0.469 e. The Hall–Kier alpha value is -2.25. The molecule has 2 rings (SSSR count). The van der Waals surface area contributed by atoms with Crippen molar-refractivity contribution in [3.05, 3.63) is 51.7 Å². The number of ether oxygens (including phenoxy) is 1. The molecule has 4 heteroatoms. The van der Waals surface area contributed by atoms with Crippen LogP contribution in [-0.4, -0.2) is 13.1 Å². The topological polar surface area (TPSA) is 38.3 Å². The van der Waals surface area contributed by atoms with E-state index in [1.54, 1.807) is 11.3 Å². The maximum absolute atomic E-state index is 11.2. The van der Waals surface area contributed by atoms with Crippen LogP contribution >= 0.6 is 11.3 Å². The van der Waals surface area contributed by atoms with Crippen molar-refractivity contribution in [2.75, 3.05) is 12.4 Å². The highest BCUT2D eigenvalue weighted by atomic mass is 32.1. The molecule has 0 bridgehead atoms. The summed E-state index contributed by atoms with van der Waals surface area (Å²) in [5.41, 5.74) is 1.84. The van der Waals surface area contributed by atoms with Crippen LogP contribution in [0.2, 0.25) is 0 Å². The van der Waals surface area contributed by atoms with Crippen LogP contribution in [0.25, 0.3) is 0 Å². The molecule has 1 aromatic carbocycles. The standard InChI is InChI=1S/C16H15NO2S/c1-3-12-5-4-6-13(9-12)17-11-15-8-7-14(20-15)10-16(18)19-2/h1,4-9,17H,10-11H2,2H3. The van der Waals surface area contributed by atoms with Gasteiger partial charge in [0, 0.05) is 27.5 Å². The van der Waals surface area contributed by atoms with E-state index in [4.69, 9.17) is 6.42 Å². The Labute approximate surface area is 122 Å². The van der Waals surface area contributed by atoms with E-state index >= 15 is 0 Å². The van der Waals surface area contributed by atoms with Crippen molar-refractivity contribution in [1.82, 2.24) is 0 Å². The number of anilines is 1. The zero-order valence-electron chi connectivity index (χ0n) is 11.2. The predicted octanol–water partition coefficient (Wildman–Crippen LogP) is 3.06. The molecule has 20 heavy (non-hydrogen) atoms. The van der Waals surface area contributed by atoms with Gasteiger partial charge < -0.3 is 10.1 Å². The van der Waals surface area contributed by atoms with Gasteiger partial charge in [-0.2, -0.15) is 0 Å². The molecule has 0 saturated carbocycles. The minimum absolute atomic E-state index is 0.215. The molecular formula is C16H15NO2S. The predicted molar refractivity (Wildman–Crippen MR) is 81.7 cm³/mol. The van der Waals surface area contributed by atoms with Crippen molar-refractivity contribution >= 4 is 23.0 Å². The summed E-state index contributed by atoms with van der Waals surface area (Å²) in [7, 11) is 1.40. The summed E-state index contributed by atoms with van der Waals surface area (Å²) in [5, 5.41) is 3.31. The van der Waals surface area contributed by atoms with Gasteiger partial charge in [-0.25, -0.2) is 0 Å². The summed E-state index contributed by atoms with van der Waals surface area (Å²) in [6.07, 6.45) is 5.70. The Morgan fingerprint density at radius 3 is 2.90 bits per heavy atom. The number of methoxy groups -OCH3 is 1. The fourth-order valence-corrected chi connectivity index (χ4v) is 2.68. The minimum Gasteiger partial charge on any atom is -0.469 e. The molecule has 1 heterocycles. The Morgan fingerprint density at radius 1 is 1.35 bits per heavy atom. The number of hydrogen-bond donors (Lipinski definition) is 1. The molecule has 0 saturated heterocycles. The SMILES string of the molecule is C#Cc1cccc(NCc2ccc(CC(=O)OC)s2)c1. The van der Waals surface area contributed by atoms with Gasteiger partial charge >= 0.3 is 5.97 Å². The van der Waals surface area contributed by atoms with Crippen LogP contribution in [0.1, 0.15) is 15.3 Å². The van der Waals surface area contributed by atoms with Gasteiger partial charge in [0.1, 0.15) is 0 Å². The maximum Gasteiger partial charge on any atom is 0.310 e. The van der Waals surface area contributed by atoms with Crippen LogP contribution in [0.15, 0.2) is 36.4 Å². The Balaban J connectivity index is 1.94. The van der Waals surface area contributed by atoms with Gasteiger partial charge in [0.25, 0.3) is 0 Å². The van der Waals surface area contributed by atoms with Crippen LogP contribution in [-0.2, 0) is 22.5 Å². The second kappa shape index (κ2) is 6.78. The molecule has 1 aromatic heterocycles. The molecule has 0 fully saturated rings. The second-order valence-electron chi connectivity index (χ2n) is 4.20. The lowest BCUT2D eigenvalue weighted by Gasteiger charge is -2.05. The Bertz CT molecular complexity index is 640. The van der Waals surface area contributed by atoms with Crippen LogP contribution in [0.3, 0.4) is 0 Å². The van der Waals surface area contributed by atoms with E-state index in [-0.39, 0.29) is 5.97 Å². The van der Waals surface area contributed by atoms with E-state index in [1.807, 2.05) is 36.4 Å². The first-order valence-corrected chi connectivity index (χ1v) is 6.98. The lowest BCUT2D eigenvalue weighted by atomic mass is 10.2. The van der Waals surface area contributed by atoms with Gasteiger partial charge in [-0.1, -0.05) is 12.0 Å². The number of nitrogens with one attached hydrogen (secondary N) is 1. The third-order valence-electron chi connectivity index (χ3n) is 2.76. The van der Waals surface area contributed by atoms with Crippen molar-refractivity contribution in [1.29, 1.82) is 0 Å². The van der Waals surface area contributed by atoms with Crippen molar-refractivity contribution in [2.45, 2.75) is 13.0 Å². The molecule has 0 aliphatic heterocycles. The highest BCUT2D eigenvalue weighted by Gasteiger charge is 2.06. The molecule has 0 atom stereocenters. The average molecular weight is 285 g/mol. The monoisotopic (exact) mass is 285 g/mol. The van der Waals surface area contributed by atoms with Crippen LogP contribution in [0, 0.1) is 12.3 Å². The summed E-state index contributed by atoms with van der Waals surface area (Å²) >= 11 is 1.60.